The Kier molecular flexibility index (Phi) is 6.84. The van der Waals surface area contributed by atoms with Crippen molar-refractivity contribution < 1.29 is 14.2 Å². The van der Waals surface area contributed by atoms with Crippen molar-refractivity contribution >= 4 is 23.2 Å². The summed E-state index contributed by atoms with van der Waals surface area (Å²) in [7, 11) is 1.57. The summed E-state index contributed by atoms with van der Waals surface area (Å²) in [5, 5.41) is 1.06. The first-order valence-electron chi connectivity index (χ1n) is 7.22. The Hall–Kier alpha value is -1.62. The first-order chi connectivity index (χ1) is 11.2. The molecule has 0 bridgehead atoms. The van der Waals surface area contributed by atoms with Crippen LogP contribution in [0.15, 0.2) is 36.4 Å². The first-order valence-corrected chi connectivity index (χ1v) is 7.98. The van der Waals surface area contributed by atoms with Gasteiger partial charge in [0.2, 0.25) is 0 Å². The van der Waals surface area contributed by atoms with Crippen LogP contribution in [0.5, 0.6) is 17.2 Å². The molecule has 0 heterocycles. The van der Waals surface area contributed by atoms with Crippen LogP contribution in [-0.4, -0.2) is 26.9 Å². The number of hydrogen-bond acceptors (Lipinski definition) is 4. The molecular formula is C17H19Cl2NO3. The van der Waals surface area contributed by atoms with Crippen molar-refractivity contribution in [3.05, 3.63) is 52.0 Å². The van der Waals surface area contributed by atoms with Gasteiger partial charge in [0.1, 0.15) is 19.0 Å². The van der Waals surface area contributed by atoms with Crippen LogP contribution in [0, 0.1) is 0 Å². The van der Waals surface area contributed by atoms with E-state index < -0.39 is 0 Å². The molecule has 0 aromatic heterocycles. The van der Waals surface area contributed by atoms with Crippen LogP contribution in [0.25, 0.3) is 0 Å². The second-order valence-electron chi connectivity index (χ2n) is 4.78. The monoisotopic (exact) mass is 355 g/mol. The molecule has 2 aromatic carbocycles. The van der Waals surface area contributed by atoms with E-state index in [9.17, 15) is 0 Å². The zero-order chi connectivity index (χ0) is 16.7. The van der Waals surface area contributed by atoms with E-state index in [1.165, 1.54) is 0 Å². The fourth-order valence-corrected chi connectivity index (χ4v) is 2.56. The summed E-state index contributed by atoms with van der Waals surface area (Å²) < 4.78 is 16.6. The average Bonchev–Trinajstić information content (AvgIpc) is 2.54. The summed E-state index contributed by atoms with van der Waals surface area (Å²) in [6, 6.07) is 11.0. The van der Waals surface area contributed by atoms with Crippen LogP contribution < -0.4 is 19.9 Å². The highest BCUT2D eigenvalue weighted by molar-refractivity contribution is 6.32. The zero-order valence-corrected chi connectivity index (χ0v) is 14.4. The van der Waals surface area contributed by atoms with E-state index in [4.69, 9.17) is 43.1 Å². The molecule has 124 valence electrons. The summed E-state index contributed by atoms with van der Waals surface area (Å²) in [5.41, 5.74) is 6.57. The predicted molar refractivity (Wildman–Crippen MR) is 93.2 cm³/mol. The van der Waals surface area contributed by atoms with Crippen molar-refractivity contribution in [2.45, 2.75) is 6.42 Å². The highest BCUT2D eigenvalue weighted by Crippen LogP contribution is 2.36. The van der Waals surface area contributed by atoms with Gasteiger partial charge in [0, 0.05) is 0 Å². The van der Waals surface area contributed by atoms with E-state index in [2.05, 4.69) is 0 Å². The number of nitrogens with two attached hydrogens (primary N) is 1. The quantitative estimate of drug-likeness (QED) is 0.728. The average molecular weight is 356 g/mol. The van der Waals surface area contributed by atoms with Crippen LogP contribution in [0.4, 0.5) is 0 Å². The topological polar surface area (TPSA) is 53.7 Å². The molecule has 2 N–H and O–H groups in total. The van der Waals surface area contributed by atoms with Gasteiger partial charge in [0.25, 0.3) is 0 Å². The van der Waals surface area contributed by atoms with Gasteiger partial charge in [-0.25, -0.2) is 0 Å². The summed E-state index contributed by atoms with van der Waals surface area (Å²) in [5.74, 6) is 1.70. The van der Waals surface area contributed by atoms with Crippen LogP contribution in [0.3, 0.4) is 0 Å². The normalized spacial score (nSPS) is 10.4. The standard InChI is InChI=1S/C17H19Cl2NO3/c1-21-16-11-12(6-7-20)10-14(19)17(16)23-9-8-22-15-5-3-2-4-13(15)18/h2-5,10-11H,6-9,20H2,1H3. The number of para-hydroxylation sites is 1. The molecule has 2 rings (SSSR count). The maximum atomic E-state index is 6.26. The van der Waals surface area contributed by atoms with E-state index >= 15 is 0 Å². The Bertz CT molecular complexity index is 650. The van der Waals surface area contributed by atoms with Gasteiger partial charge in [-0.05, 0) is 42.8 Å². The number of methoxy groups -OCH3 is 1. The van der Waals surface area contributed by atoms with Crippen molar-refractivity contribution in [3.8, 4) is 17.2 Å². The molecule has 4 nitrogen and oxygen atoms in total. The molecule has 0 aliphatic heterocycles. The lowest BCUT2D eigenvalue weighted by Crippen LogP contribution is -2.10. The Morgan fingerprint density at radius 1 is 0.957 bits per heavy atom. The molecule has 6 heteroatoms. The lowest BCUT2D eigenvalue weighted by atomic mass is 10.1. The predicted octanol–water partition coefficient (Wildman–Crippen LogP) is 3.96. The Morgan fingerprint density at radius 2 is 1.70 bits per heavy atom. The lowest BCUT2D eigenvalue weighted by molar-refractivity contribution is 0.211. The fourth-order valence-electron chi connectivity index (χ4n) is 2.08. The summed E-state index contributed by atoms with van der Waals surface area (Å²) in [6.45, 7) is 1.21. The summed E-state index contributed by atoms with van der Waals surface area (Å²) >= 11 is 12.3. The van der Waals surface area contributed by atoms with Gasteiger partial charge in [0.15, 0.2) is 11.5 Å². The second-order valence-corrected chi connectivity index (χ2v) is 5.59. The van der Waals surface area contributed by atoms with Gasteiger partial charge >= 0.3 is 0 Å². The lowest BCUT2D eigenvalue weighted by Gasteiger charge is -2.14. The van der Waals surface area contributed by atoms with E-state index in [-0.39, 0.29) is 0 Å². The van der Waals surface area contributed by atoms with E-state index in [1.807, 2.05) is 24.3 Å². The molecule has 0 saturated carbocycles. The van der Waals surface area contributed by atoms with Crippen molar-refractivity contribution in [3.63, 3.8) is 0 Å². The van der Waals surface area contributed by atoms with Crippen LogP contribution in [-0.2, 0) is 6.42 Å². The molecule has 0 aliphatic rings. The van der Waals surface area contributed by atoms with Crippen LogP contribution >= 0.6 is 23.2 Å². The van der Waals surface area contributed by atoms with Gasteiger partial charge in [-0.15, -0.1) is 0 Å². The van der Waals surface area contributed by atoms with Crippen molar-refractivity contribution in [1.29, 1.82) is 0 Å². The molecule has 23 heavy (non-hydrogen) atoms. The smallest absolute Gasteiger partial charge is 0.179 e. The largest absolute Gasteiger partial charge is 0.493 e. The molecule has 0 aliphatic carbocycles. The molecule has 0 amide bonds. The molecule has 0 fully saturated rings. The maximum Gasteiger partial charge on any atom is 0.179 e. The van der Waals surface area contributed by atoms with Gasteiger partial charge in [-0.1, -0.05) is 35.3 Å². The number of halogens is 2. The van der Waals surface area contributed by atoms with E-state index in [1.54, 1.807) is 19.2 Å². The number of hydrogen-bond donors (Lipinski definition) is 1. The minimum atomic E-state index is 0.317. The highest BCUT2D eigenvalue weighted by atomic mass is 35.5. The third-order valence-electron chi connectivity index (χ3n) is 3.15. The summed E-state index contributed by atoms with van der Waals surface area (Å²) in [4.78, 5) is 0. The van der Waals surface area contributed by atoms with Crippen LogP contribution in [0.2, 0.25) is 10.0 Å². The highest BCUT2D eigenvalue weighted by Gasteiger charge is 2.12. The SMILES string of the molecule is COc1cc(CCN)cc(Cl)c1OCCOc1ccccc1Cl. The molecule has 0 radical (unpaired) electrons. The molecule has 0 saturated heterocycles. The zero-order valence-electron chi connectivity index (χ0n) is 12.9. The molecule has 0 atom stereocenters. The van der Waals surface area contributed by atoms with Gasteiger partial charge in [-0.3, -0.25) is 0 Å². The fraction of sp³-hybridized carbons (Fsp3) is 0.294. The van der Waals surface area contributed by atoms with Crippen molar-refractivity contribution in [2.24, 2.45) is 5.73 Å². The Morgan fingerprint density at radius 3 is 2.39 bits per heavy atom. The van der Waals surface area contributed by atoms with Gasteiger partial charge in [-0.2, -0.15) is 0 Å². The minimum absolute atomic E-state index is 0.317. The van der Waals surface area contributed by atoms with Gasteiger partial charge in [0.05, 0.1) is 17.2 Å². The minimum Gasteiger partial charge on any atom is -0.493 e. The first kappa shape index (κ1) is 17.7. The maximum absolute atomic E-state index is 6.26. The molecule has 2 aromatic rings. The number of benzene rings is 2. The van der Waals surface area contributed by atoms with E-state index in [0.29, 0.717) is 47.1 Å². The number of rotatable bonds is 8. The molecular weight excluding hydrogens is 337 g/mol. The number of ether oxygens (including phenoxy) is 3. The van der Waals surface area contributed by atoms with Crippen molar-refractivity contribution in [2.75, 3.05) is 26.9 Å². The second kappa shape index (κ2) is 8.87. The third-order valence-corrected chi connectivity index (χ3v) is 3.74. The summed E-state index contributed by atoms with van der Waals surface area (Å²) in [6.07, 6.45) is 0.728. The van der Waals surface area contributed by atoms with E-state index in [0.717, 1.165) is 12.0 Å². The van der Waals surface area contributed by atoms with Crippen molar-refractivity contribution in [1.82, 2.24) is 0 Å². The van der Waals surface area contributed by atoms with Gasteiger partial charge < -0.3 is 19.9 Å². The molecule has 0 spiro atoms. The molecule has 0 unspecified atom stereocenters. The Labute approximate surface area is 146 Å². The Balaban J connectivity index is 1.96. The van der Waals surface area contributed by atoms with Crippen LogP contribution in [0.1, 0.15) is 5.56 Å². The third kappa shape index (κ3) is 4.93.